The maximum Gasteiger partial charge on any atom is 0.407 e. The van der Waals surface area contributed by atoms with E-state index in [2.05, 4.69) is 48.1 Å². The van der Waals surface area contributed by atoms with Crippen LogP contribution in [0, 0.1) is 0 Å². The van der Waals surface area contributed by atoms with Crippen LogP contribution in [0.2, 0.25) is 0 Å². The summed E-state index contributed by atoms with van der Waals surface area (Å²) >= 11 is 0. The van der Waals surface area contributed by atoms with Gasteiger partial charge in [-0.25, -0.2) is 9.59 Å². The van der Waals surface area contributed by atoms with E-state index in [0.29, 0.717) is 39.4 Å². The van der Waals surface area contributed by atoms with Gasteiger partial charge in [-0.3, -0.25) is 4.90 Å². The fraction of sp³-hybridized carbons (Fsp3) is 0.900. The van der Waals surface area contributed by atoms with Gasteiger partial charge in [-0.2, -0.15) is 0 Å². The minimum absolute atomic E-state index is 0. The lowest BCUT2D eigenvalue weighted by molar-refractivity contribution is 0.101. The van der Waals surface area contributed by atoms with Crippen molar-refractivity contribution in [2.75, 3.05) is 65.6 Å². The molecule has 0 aliphatic heterocycles. The van der Waals surface area contributed by atoms with Crippen LogP contribution in [0.3, 0.4) is 0 Å². The molecule has 0 unspecified atom stereocenters. The second-order valence-electron chi connectivity index (χ2n) is 6.70. The molecule has 10 heteroatoms. The molecule has 0 atom stereocenters. The number of hydrogen-bond donors (Lipinski definition) is 2. The third-order valence-corrected chi connectivity index (χ3v) is 4.51. The Morgan fingerprint density at radius 1 is 0.667 bits per heavy atom. The van der Waals surface area contributed by atoms with E-state index in [9.17, 15) is 9.59 Å². The fourth-order valence-corrected chi connectivity index (χ4v) is 2.53. The first kappa shape index (κ1) is 33.7. The van der Waals surface area contributed by atoms with Gasteiger partial charge >= 0.3 is 12.2 Å². The summed E-state index contributed by atoms with van der Waals surface area (Å²) in [6.45, 7) is 15.3. The van der Waals surface area contributed by atoms with Crippen molar-refractivity contribution < 1.29 is 19.1 Å². The van der Waals surface area contributed by atoms with E-state index >= 15 is 0 Å². The Hall–Kier alpha value is -0.960. The van der Waals surface area contributed by atoms with Crippen molar-refractivity contribution in [2.45, 2.75) is 53.4 Å². The molecule has 0 radical (unpaired) electrons. The molecule has 0 bridgehead atoms. The summed E-state index contributed by atoms with van der Waals surface area (Å²) in [7, 11) is 0. The van der Waals surface area contributed by atoms with Crippen molar-refractivity contribution in [3.63, 3.8) is 0 Å². The Morgan fingerprint density at radius 2 is 1.07 bits per heavy atom. The zero-order valence-electron chi connectivity index (χ0n) is 19.2. The molecule has 2 N–H and O–H groups in total. The summed E-state index contributed by atoms with van der Waals surface area (Å²) in [5.41, 5.74) is 0. The molecule has 0 fully saturated rings. The first-order valence-electron chi connectivity index (χ1n) is 10.8. The highest BCUT2D eigenvalue weighted by molar-refractivity contribution is 5.85. The lowest BCUT2D eigenvalue weighted by Gasteiger charge is -2.26. The number of carbonyl (C=O) groups excluding carboxylic acids is 2. The van der Waals surface area contributed by atoms with Crippen LogP contribution in [-0.4, -0.2) is 87.6 Å². The zero-order valence-corrected chi connectivity index (χ0v) is 20.9. The second-order valence-corrected chi connectivity index (χ2v) is 6.70. The molecule has 8 nitrogen and oxygen atoms in total. The predicted molar refractivity (Wildman–Crippen MR) is 127 cm³/mol. The van der Waals surface area contributed by atoms with Crippen LogP contribution in [0.4, 0.5) is 9.59 Å². The average Bonchev–Trinajstić information content (AvgIpc) is 2.68. The molecule has 0 saturated carbocycles. The molecule has 0 aliphatic carbocycles. The molecule has 182 valence electrons. The first-order chi connectivity index (χ1) is 13.6. The fourth-order valence-electron chi connectivity index (χ4n) is 2.53. The van der Waals surface area contributed by atoms with Gasteiger partial charge in [0.1, 0.15) is 13.2 Å². The maximum absolute atomic E-state index is 11.6. The van der Waals surface area contributed by atoms with Crippen LogP contribution in [-0.2, 0) is 9.47 Å². The number of unbranched alkanes of at least 4 members (excludes halogenated alkanes) is 2. The maximum atomic E-state index is 11.6. The summed E-state index contributed by atoms with van der Waals surface area (Å²) in [5.74, 6) is 0. The SMILES string of the molecule is CCCCNC(=O)OCCN(CCOC(=O)NCCCC)CCN(CC)CC.Cl.Cl. The highest BCUT2D eigenvalue weighted by atomic mass is 35.5. The van der Waals surface area contributed by atoms with Gasteiger partial charge in [0.25, 0.3) is 0 Å². The normalized spacial score (nSPS) is 10.2. The van der Waals surface area contributed by atoms with Crippen LogP contribution in [0.25, 0.3) is 0 Å². The molecule has 0 aromatic carbocycles. The van der Waals surface area contributed by atoms with Crippen molar-refractivity contribution in [1.82, 2.24) is 20.4 Å². The van der Waals surface area contributed by atoms with Crippen LogP contribution >= 0.6 is 24.8 Å². The van der Waals surface area contributed by atoms with Crippen molar-refractivity contribution in [2.24, 2.45) is 0 Å². The number of nitrogens with one attached hydrogen (secondary N) is 2. The number of nitrogens with zero attached hydrogens (tertiary/aromatic N) is 2. The Labute approximate surface area is 195 Å². The van der Waals surface area contributed by atoms with E-state index < -0.39 is 0 Å². The second kappa shape index (κ2) is 24.3. The van der Waals surface area contributed by atoms with Gasteiger partial charge in [0.2, 0.25) is 0 Å². The molecule has 0 saturated heterocycles. The predicted octanol–water partition coefficient (Wildman–Crippen LogP) is 3.53. The standard InChI is InChI=1S/C20H42N4O4.2ClH/c1-5-9-11-21-19(25)27-17-15-24(14-13-23(7-3)8-4)16-18-28-20(26)22-12-10-6-2;;/h5-18H2,1-4H3,(H,21,25)(H,22,26);2*1H. The van der Waals surface area contributed by atoms with E-state index in [0.717, 1.165) is 51.9 Å². The quantitative estimate of drug-likeness (QED) is 0.313. The largest absolute Gasteiger partial charge is 0.448 e. The molecule has 0 aromatic heterocycles. The van der Waals surface area contributed by atoms with E-state index in [4.69, 9.17) is 9.47 Å². The smallest absolute Gasteiger partial charge is 0.407 e. The zero-order chi connectivity index (χ0) is 21.0. The van der Waals surface area contributed by atoms with Gasteiger partial charge in [-0.15, -0.1) is 24.8 Å². The van der Waals surface area contributed by atoms with Gasteiger partial charge in [0.05, 0.1) is 0 Å². The van der Waals surface area contributed by atoms with Crippen LogP contribution in [0.1, 0.15) is 53.4 Å². The Bertz CT molecular complexity index is 375. The molecule has 30 heavy (non-hydrogen) atoms. The van der Waals surface area contributed by atoms with Gasteiger partial charge in [0, 0.05) is 39.3 Å². The van der Waals surface area contributed by atoms with Crippen LogP contribution < -0.4 is 10.6 Å². The van der Waals surface area contributed by atoms with E-state index in [1.165, 1.54) is 0 Å². The summed E-state index contributed by atoms with van der Waals surface area (Å²) in [5, 5.41) is 5.49. The Kier molecular flexibility index (Phi) is 27.3. The number of carbonyl (C=O) groups is 2. The number of ether oxygens (including phenoxy) is 2. The summed E-state index contributed by atoms with van der Waals surface area (Å²) in [6, 6.07) is 0. The molecule has 0 aromatic rings. The van der Waals surface area contributed by atoms with Crippen molar-refractivity contribution in [3.8, 4) is 0 Å². The van der Waals surface area contributed by atoms with Gasteiger partial charge in [0.15, 0.2) is 0 Å². The van der Waals surface area contributed by atoms with Crippen molar-refractivity contribution >= 4 is 37.0 Å². The number of halogens is 2. The number of hydrogen-bond acceptors (Lipinski definition) is 6. The molecule has 0 aliphatic rings. The molecular weight excluding hydrogens is 431 g/mol. The van der Waals surface area contributed by atoms with Crippen molar-refractivity contribution in [3.05, 3.63) is 0 Å². The number of rotatable bonds is 17. The topological polar surface area (TPSA) is 83.1 Å². The van der Waals surface area contributed by atoms with Crippen LogP contribution in [0.5, 0.6) is 0 Å². The van der Waals surface area contributed by atoms with Gasteiger partial charge < -0.3 is 25.0 Å². The molecule has 0 spiro atoms. The number of amides is 2. The first-order valence-corrected chi connectivity index (χ1v) is 10.8. The summed E-state index contributed by atoms with van der Waals surface area (Å²) < 4.78 is 10.5. The summed E-state index contributed by atoms with van der Waals surface area (Å²) in [4.78, 5) is 27.8. The minimum atomic E-state index is -0.372. The van der Waals surface area contributed by atoms with Crippen LogP contribution in [0.15, 0.2) is 0 Å². The van der Waals surface area contributed by atoms with Gasteiger partial charge in [-0.05, 0) is 25.9 Å². The average molecular weight is 476 g/mol. The Morgan fingerprint density at radius 3 is 1.43 bits per heavy atom. The molecular formula is C20H44Cl2N4O4. The molecule has 2 amide bonds. The van der Waals surface area contributed by atoms with E-state index in [1.807, 2.05) is 0 Å². The van der Waals surface area contributed by atoms with E-state index in [1.54, 1.807) is 0 Å². The monoisotopic (exact) mass is 474 g/mol. The minimum Gasteiger partial charge on any atom is -0.448 e. The number of alkyl carbamates (subject to hydrolysis) is 2. The molecule has 0 rings (SSSR count). The summed E-state index contributed by atoms with van der Waals surface area (Å²) in [6.07, 6.45) is 3.22. The highest BCUT2D eigenvalue weighted by Crippen LogP contribution is 1.95. The van der Waals surface area contributed by atoms with Crippen molar-refractivity contribution in [1.29, 1.82) is 0 Å². The lowest BCUT2D eigenvalue weighted by atomic mass is 10.3. The Balaban J connectivity index is -0.00000364. The number of likely N-dealkylation sites (N-methyl/N-ethyl adjacent to an activating group) is 1. The van der Waals surface area contributed by atoms with Gasteiger partial charge in [-0.1, -0.05) is 40.5 Å². The third kappa shape index (κ3) is 20.3. The lowest BCUT2D eigenvalue weighted by Crippen LogP contribution is -2.40. The highest BCUT2D eigenvalue weighted by Gasteiger charge is 2.10. The van der Waals surface area contributed by atoms with E-state index in [-0.39, 0.29) is 37.0 Å². The molecule has 0 heterocycles. The third-order valence-electron chi connectivity index (χ3n) is 4.51.